The van der Waals surface area contributed by atoms with Gasteiger partial charge in [-0.3, -0.25) is 4.79 Å². The summed E-state index contributed by atoms with van der Waals surface area (Å²) in [5.74, 6) is -0.0916. The molecular weight excluding hydrogens is 237 g/mol. The van der Waals surface area contributed by atoms with Crippen molar-refractivity contribution >= 4 is 11.7 Å². The summed E-state index contributed by atoms with van der Waals surface area (Å²) in [6, 6.07) is 2.95. The Morgan fingerprint density at radius 3 is 3.28 bits per heavy atom. The third-order valence-corrected chi connectivity index (χ3v) is 2.76. The quantitative estimate of drug-likeness (QED) is 0.855. The summed E-state index contributed by atoms with van der Waals surface area (Å²) in [4.78, 5) is 16.7. The molecule has 0 aromatic carbocycles. The van der Waals surface area contributed by atoms with E-state index in [-0.39, 0.29) is 17.8 Å². The van der Waals surface area contributed by atoms with Crippen molar-refractivity contribution in [3.8, 4) is 0 Å². The van der Waals surface area contributed by atoms with Crippen LogP contribution in [0.4, 0.5) is 10.2 Å². The lowest BCUT2D eigenvalue weighted by Crippen LogP contribution is -2.47. The Morgan fingerprint density at radius 2 is 2.56 bits per heavy atom. The second kappa shape index (κ2) is 5.77. The molecule has 6 heteroatoms. The molecule has 1 aliphatic rings. The number of nitrogens with one attached hydrogen (secondary N) is 1. The largest absolute Gasteiger partial charge is 0.373 e. The summed E-state index contributed by atoms with van der Waals surface area (Å²) in [6.07, 6.45) is 1.43. The van der Waals surface area contributed by atoms with Crippen LogP contribution in [0.3, 0.4) is 0 Å². The van der Waals surface area contributed by atoms with Crippen LogP contribution in [-0.4, -0.2) is 43.2 Å². The van der Waals surface area contributed by atoms with Crippen molar-refractivity contribution in [1.29, 1.82) is 0 Å². The highest BCUT2D eigenvalue weighted by Crippen LogP contribution is 2.18. The Kier molecular flexibility index (Phi) is 4.09. The van der Waals surface area contributed by atoms with Gasteiger partial charge in [-0.1, -0.05) is 0 Å². The summed E-state index contributed by atoms with van der Waals surface area (Å²) >= 11 is 0. The molecule has 0 saturated carbocycles. The standard InChI is InChI=1S/C12H16FN3O2/c1-9(17)15-7-10-8-16(5-6-18-10)12-11(13)3-2-4-14-12/h2-4,10H,5-8H2,1H3,(H,15,17)/t10-/m0/s1. The van der Waals surface area contributed by atoms with Crippen molar-refractivity contribution in [1.82, 2.24) is 10.3 Å². The average Bonchev–Trinajstić information content (AvgIpc) is 2.37. The number of amides is 1. The van der Waals surface area contributed by atoms with Gasteiger partial charge in [-0.15, -0.1) is 0 Å². The maximum absolute atomic E-state index is 13.6. The van der Waals surface area contributed by atoms with Crippen LogP contribution in [-0.2, 0) is 9.53 Å². The number of anilines is 1. The number of nitrogens with zero attached hydrogens (tertiary/aromatic N) is 2. The molecule has 5 nitrogen and oxygen atoms in total. The lowest BCUT2D eigenvalue weighted by atomic mass is 10.2. The van der Waals surface area contributed by atoms with Crippen LogP contribution in [0.25, 0.3) is 0 Å². The number of carbonyl (C=O) groups excluding carboxylic acids is 1. The number of ether oxygens (including phenoxy) is 1. The molecule has 1 N–H and O–H groups in total. The van der Waals surface area contributed by atoms with Gasteiger partial charge in [0, 0.05) is 32.8 Å². The van der Waals surface area contributed by atoms with E-state index >= 15 is 0 Å². The van der Waals surface area contributed by atoms with Gasteiger partial charge < -0.3 is 15.0 Å². The van der Waals surface area contributed by atoms with Crippen molar-refractivity contribution in [3.63, 3.8) is 0 Å². The van der Waals surface area contributed by atoms with Crippen LogP contribution in [0.2, 0.25) is 0 Å². The fourth-order valence-electron chi connectivity index (χ4n) is 1.90. The highest BCUT2D eigenvalue weighted by molar-refractivity contribution is 5.72. The van der Waals surface area contributed by atoms with Gasteiger partial charge in [0.15, 0.2) is 11.6 Å². The van der Waals surface area contributed by atoms with E-state index in [0.717, 1.165) is 0 Å². The molecule has 0 radical (unpaired) electrons. The Hall–Kier alpha value is -1.69. The average molecular weight is 253 g/mol. The number of morpholine rings is 1. The van der Waals surface area contributed by atoms with Gasteiger partial charge in [0.1, 0.15) is 0 Å². The fraction of sp³-hybridized carbons (Fsp3) is 0.500. The molecule has 1 amide bonds. The van der Waals surface area contributed by atoms with E-state index in [4.69, 9.17) is 4.74 Å². The van der Waals surface area contributed by atoms with E-state index in [9.17, 15) is 9.18 Å². The Bertz CT molecular complexity index is 428. The molecule has 1 atom stereocenters. The summed E-state index contributed by atoms with van der Waals surface area (Å²) in [5.41, 5.74) is 0. The summed E-state index contributed by atoms with van der Waals surface area (Å²) in [5, 5.41) is 2.70. The number of hydrogen-bond acceptors (Lipinski definition) is 4. The van der Waals surface area contributed by atoms with Gasteiger partial charge >= 0.3 is 0 Å². The smallest absolute Gasteiger partial charge is 0.216 e. The topological polar surface area (TPSA) is 54.5 Å². The van der Waals surface area contributed by atoms with Crippen molar-refractivity contribution < 1.29 is 13.9 Å². The highest BCUT2D eigenvalue weighted by atomic mass is 19.1. The van der Waals surface area contributed by atoms with Crippen LogP contribution >= 0.6 is 0 Å². The second-order valence-electron chi connectivity index (χ2n) is 4.18. The molecule has 0 unspecified atom stereocenters. The molecule has 1 fully saturated rings. The molecule has 1 aromatic heterocycles. The van der Waals surface area contributed by atoms with Gasteiger partial charge in [0.2, 0.25) is 5.91 Å². The lowest BCUT2D eigenvalue weighted by Gasteiger charge is -2.33. The number of carbonyl (C=O) groups is 1. The molecule has 1 saturated heterocycles. The van der Waals surface area contributed by atoms with E-state index in [1.165, 1.54) is 13.0 Å². The highest BCUT2D eigenvalue weighted by Gasteiger charge is 2.23. The van der Waals surface area contributed by atoms with Crippen LogP contribution in [0.5, 0.6) is 0 Å². The molecule has 0 aliphatic carbocycles. The first-order valence-corrected chi connectivity index (χ1v) is 5.88. The second-order valence-corrected chi connectivity index (χ2v) is 4.18. The van der Waals surface area contributed by atoms with E-state index in [1.54, 1.807) is 12.3 Å². The molecule has 2 heterocycles. The Labute approximate surface area is 105 Å². The molecule has 2 rings (SSSR count). The van der Waals surface area contributed by atoms with Crippen molar-refractivity contribution in [3.05, 3.63) is 24.1 Å². The van der Waals surface area contributed by atoms with E-state index in [2.05, 4.69) is 10.3 Å². The van der Waals surface area contributed by atoms with Crippen LogP contribution in [0.15, 0.2) is 18.3 Å². The van der Waals surface area contributed by atoms with Crippen LogP contribution < -0.4 is 10.2 Å². The Morgan fingerprint density at radius 1 is 1.72 bits per heavy atom. The first-order chi connectivity index (χ1) is 8.66. The zero-order valence-electron chi connectivity index (χ0n) is 10.2. The molecular formula is C12H16FN3O2. The number of halogens is 1. The third kappa shape index (κ3) is 3.16. The van der Waals surface area contributed by atoms with E-state index in [0.29, 0.717) is 32.1 Å². The maximum atomic E-state index is 13.6. The molecule has 0 bridgehead atoms. The molecule has 98 valence electrons. The van der Waals surface area contributed by atoms with Crippen molar-refractivity contribution in [2.75, 3.05) is 31.1 Å². The van der Waals surface area contributed by atoms with Gasteiger partial charge in [0.05, 0.1) is 12.7 Å². The summed E-state index contributed by atoms with van der Waals surface area (Å²) in [6.45, 7) is 3.51. The lowest BCUT2D eigenvalue weighted by molar-refractivity contribution is -0.119. The van der Waals surface area contributed by atoms with Crippen molar-refractivity contribution in [2.24, 2.45) is 0 Å². The minimum Gasteiger partial charge on any atom is -0.373 e. The predicted octanol–water partition coefficient (Wildman–Crippen LogP) is 0.562. The number of aromatic nitrogens is 1. The van der Waals surface area contributed by atoms with Crippen LogP contribution in [0.1, 0.15) is 6.92 Å². The first-order valence-electron chi connectivity index (χ1n) is 5.88. The van der Waals surface area contributed by atoms with Gasteiger partial charge in [-0.25, -0.2) is 9.37 Å². The summed E-state index contributed by atoms with van der Waals surface area (Å²) < 4.78 is 19.1. The predicted molar refractivity (Wildman–Crippen MR) is 64.8 cm³/mol. The monoisotopic (exact) mass is 253 g/mol. The third-order valence-electron chi connectivity index (χ3n) is 2.76. The number of hydrogen-bond donors (Lipinski definition) is 1. The van der Waals surface area contributed by atoms with Crippen LogP contribution in [0, 0.1) is 5.82 Å². The molecule has 18 heavy (non-hydrogen) atoms. The number of rotatable bonds is 3. The summed E-state index contributed by atoms with van der Waals surface area (Å²) in [7, 11) is 0. The minimum absolute atomic E-state index is 0.0975. The zero-order valence-corrected chi connectivity index (χ0v) is 10.2. The fourth-order valence-corrected chi connectivity index (χ4v) is 1.90. The SMILES string of the molecule is CC(=O)NC[C@H]1CN(c2ncccc2F)CCO1. The molecule has 1 aliphatic heterocycles. The van der Waals surface area contributed by atoms with Gasteiger partial charge in [0.25, 0.3) is 0 Å². The van der Waals surface area contributed by atoms with Crippen molar-refractivity contribution in [2.45, 2.75) is 13.0 Å². The first kappa shape index (κ1) is 12.8. The maximum Gasteiger partial charge on any atom is 0.216 e. The number of pyridine rings is 1. The Balaban J connectivity index is 1.98. The molecule has 0 spiro atoms. The molecule has 1 aromatic rings. The van der Waals surface area contributed by atoms with E-state index < -0.39 is 0 Å². The zero-order chi connectivity index (χ0) is 13.0. The van der Waals surface area contributed by atoms with Gasteiger partial charge in [-0.05, 0) is 12.1 Å². The van der Waals surface area contributed by atoms with Gasteiger partial charge in [-0.2, -0.15) is 0 Å². The minimum atomic E-state index is -0.335. The normalized spacial score (nSPS) is 19.7. The van der Waals surface area contributed by atoms with E-state index in [1.807, 2.05) is 4.90 Å².